The van der Waals surface area contributed by atoms with Crippen molar-refractivity contribution in [3.05, 3.63) is 59.7 Å². The summed E-state index contributed by atoms with van der Waals surface area (Å²) < 4.78 is 5.33. The molecule has 9 nitrogen and oxygen atoms in total. The van der Waals surface area contributed by atoms with E-state index in [-0.39, 0.29) is 37.2 Å². The standard InChI is InChI=1S/C27H34N4O5/c1-18(32)28-15-14-24(33)30-22-13-12-20-9-5-6-11-23(20)31(25(22)34)17-19-8-7-10-21(16-19)29-26(35)36-27(2,3)4/h5-11,16,22H,12-15,17H2,1-4H3,(H,28,32)(H,29,35)(H,30,33). The fraction of sp³-hybridized carbons (Fsp3) is 0.407. The number of amides is 4. The molecule has 1 unspecified atom stereocenters. The second kappa shape index (κ2) is 11.7. The largest absolute Gasteiger partial charge is 0.444 e. The molecule has 2 aromatic carbocycles. The van der Waals surface area contributed by atoms with Gasteiger partial charge in [-0.3, -0.25) is 19.7 Å². The maximum Gasteiger partial charge on any atom is 0.412 e. The Morgan fingerprint density at radius 2 is 1.83 bits per heavy atom. The van der Waals surface area contributed by atoms with Crippen LogP contribution in [0, 0.1) is 0 Å². The maximum atomic E-state index is 13.6. The molecule has 1 aliphatic heterocycles. The molecule has 3 N–H and O–H groups in total. The van der Waals surface area contributed by atoms with Crippen LogP contribution in [0.3, 0.4) is 0 Å². The summed E-state index contributed by atoms with van der Waals surface area (Å²) in [5.41, 5.74) is 2.56. The van der Waals surface area contributed by atoms with Gasteiger partial charge in [-0.2, -0.15) is 0 Å². The molecule has 0 spiro atoms. The number of benzene rings is 2. The zero-order chi connectivity index (χ0) is 26.3. The molecule has 0 aliphatic carbocycles. The minimum atomic E-state index is -0.690. The van der Waals surface area contributed by atoms with E-state index in [0.29, 0.717) is 18.5 Å². The molecule has 0 aromatic heterocycles. The summed E-state index contributed by atoms with van der Waals surface area (Å²) in [4.78, 5) is 51.0. The van der Waals surface area contributed by atoms with Crippen LogP contribution in [-0.2, 0) is 32.1 Å². The zero-order valence-electron chi connectivity index (χ0n) is 21.2. The van der Waals surface area contributed by atoms with E-state index >= 15 is 0 Å². The first-order valence-corrected chi connectivity index (χ1v) is 12.0. The van der Waals surface area contributed by atoms with Gasteiger partial charge >= 0.3 is 6.09 Å². The van der Waals surface area contributed by atoms with Gasteiger partial charge < -0.3 is 20.3 Å². The van der Waals surface area contributed by atoms with Gasteiger partial charge in [0.25, 0.3) is 0 Å². The van der Waals surface area contributed by atoms with E-state index in [1.165, 1.54) is 6.92 Å². The second-order valence-corrected chi connectivity index (χ2v) is 9.77. The van der Waals surface area contributed by atoms with E-state index in [1.807, 2.05) is 30.3 Å². The van der Waals surface area contributed by atoms with Gasteiger partial charge in [0.1, 0.15) is 11.6 Å². The Morgan fingerprint density at radius 1 is 1.08 bits per heavy atom. The summed E-state index contributed by atoms with van der Waals surface area (Å²) in [6.45, 7) is 7.24. The van der Waals surface area contributed by atoms with E-state index in [9.17, 15) is 19.2 Å². The van der Waals surface area contributed by atoms with Gasteiger partial charge in [0.2, 0.25) is 17.7 Å². The number of para-hydroxylation sites is 1. The Kier molecular flexibility index (Phi) is 8.68. The van der Waals surface area contributed by atoms with E-state index in [4.69, 9.17) is 4.74 Å². The molecule has 192 valence electrons. The lowest BCUT2D eigenvalue weighted by molar-refractivity contribution is -0.127. The third-order valence-electron chi connectivity index (χ3n) is 5.52. The summed E-state index contributed by atoms with van der Waals surface area (Å²) >= 11 is 0. The summed E-state index contributed by atoms with van der Waals surface area (Å²) in [5, 5.41) is 8.16. The number of carbonyl (C=O) groups excluding carboxylic acids is 4. The van der Waals surface area contributed by atoms with Crippen molar-refractivity contribution in [2.45, 2.75) is 65.1 Å². The fourth-order valence-electron chi connectivity index (χ4n) is 3.98. The van der Waals surface area contributed by atoms with Crippen molar-refractivity contribution >= 4 is 35.2 Å². The van der Waals surface area contributed by atoms with Crippen LogP contribution in [0.5, 0.6) is 0 Å². The number of rotatable bonds is 7. The van der Waals surface area contributed by atoms with E-state index < -0.39 is 17.7 Å². The summed E-state index contributed by atoms with van der Waals surface area (Å²) in [6.07, 6.45) is 0.639. The molecule has 1 aliphatic rings. The molecule has 0 radical (unpaired) electrons. The number of carbonyl (C=O) groups is 4. The Bertz CT molecular complexity index is 1130. The van der Waals surface area contributed by atoms with Crippen molar-refractivity contribution in [1.29, 1.82) is 0 Å². The van der Waals surface area contributed by atoms with Crippen LogP contribution >= 0.6 is 0 Å². The normalized spacial score (nSPS) is 15.4. The van der Waals surface area contributed by atoms with Gasteiger partial charge in [0.05, 0.1) is 6.54 Å². The van der Waals surface area contributed by atoms with Gasteiger partial charge in [0.15, 0.2) is 0 Å². The molecule has 2 aromatic rings. The molecule has 1 heterocycles. The highest BCUT2D eigenvalue weighted by Crippen LogP contribution is 2.29. The highest BCUT2D eigenvalue weighted by molar-refractivity contribution is 6.00. The first-order chi connectivity index (χ1) is 17.0. The maximum absolute atomic E-state index is 13.6. The van der Waals surface area contributed by atoms with E-state index in [1.54, 1.807) is 43.9 Å². The predicted octanol–water partition coefficient (Wildman–Crippen LogP) is 3.52. The number of nitrogens with one attached hydrogen (secondary N) is 3. The van der Waals surface area contributed by atoms with Crippen molar-refractivity contribution in [2.24, 2.45) is 0 Å². The third kappa shape index (κ3) is 7.83. The number of hydrogen-bond donors (Lipinski definition) is 3. The molecular formula is C27H34N4O5. The van der Waals surface area contributed by atoms with Gasteiger partial charge in [-0.05, 0) is 62.9 Å². The van der Waals surface area contributed by atoms with E-state index in [2.05, 4.69) is 16.0 Å². The Morgan fingerprint density at radius 3 is 2.56 bits per heavy atom. The average molecular weight is 495 g/mol. The van der Waals surface area contributed by atoms with Gasteiger partial charge in [0, 0.05) is 31.3 Å². The Balaban J connectivity index is 1.77. The van der Waals surface area contributed by atoms with Crippen LogP contribution in [0.25, 0.3) is 0 Å². The summed E-state index contributed by atoms with van der Waals surface area (Å²) in [6, 6.07) is 14.2. The van der Waals surface area contributed by atoms with Gasteiger partial charge in [-0.25, -0.2) is 4.79 Å². The number of aryl methyl sites for hydroxylation is 1. The van der Waals surface area contributed by atoms with Crippen LogP contribution in [0.2, 0.25) is 0 Å². The van der Waals surface area contributed by atoms with Crippen molar-refractivity contribution < 1.29 is 23.9 Å². The van der Waals surface area contributed by atoms with Crippen LogP contribution in [-0.4, -0.2) is 42.0 Å². The lowest BCUT2D eigenvalue weighted by Gasteiger charge is -2.27. The molecule has 1 atom stereocenters. The minimum absolute atomic E-state index is 0.0920. The zero-order valence-corrected chi connectivity index (χ0v) is 21.2. The van der Waals surface area contributed by atoms with Crippen LogP contribution in [0.15, 0.2) is 48.5 Å². The molecule has 4 amide bonds. The predicted molar refractivity (Wildman–Crippen MR) is 137 cm³/mol. The van der Waals surface area contributed by atoms with Crippen molar-refractivity contribution in [2.75, 3.05) is 16.8 Å². The number of hydrogen-bond acceptors (Lipinski definition) is 5. The Hall–Kier alpha value is -3.88. The second-order valence-electron chi connectivity index (χ2n) is 9.77. The molecule has 0 bridgehead atoms. The molecular weight excluding hydrogens is 460 g/mol. The first-order valence-electron chi connectivity index (χ1n) is 12.0. The lowest BCUT2D eigenvalue weighted by atomic mass is 10.1. The van der Waals surface area contributed by atoms with Gasteiger partial charge in [-0.1, -0.05) is 30.3 Å². The SMILES string of the molecule is CC(=O)NCCC(=O)NC1CCc2ccccc2N(Cc2cccc(NC(=O)OC(C)(C)C)c2)C1=O. The van der Waals surface area contributed by atoms with Crippen LogP contribution < -0.4 is 20.9 Å². The first kappa shape index (κ1) is 26.7. The molecule has 3 rings (SSSR count). The number of anilines is 2. The Labute approximate surface area is 211 Å². The van der Waals surface area contributed by atoms with Crippen LogP contribution in [0.4, 0.5) is 16.2 Å². The highest BCUT2D eigenvalue weighted by atomic mass is 16.6. The van der Waals surface area contributed by atoms with Crippen LogP contribution in [0.1, 0.15) is 51.7 Å². The molecule has 0 fully saturated rings. The summed E-state index contributed by atoms with van der Waals surface area (Å²) in [7, 11) is 0. The number of nitrogens with zero attached hydrogens (tertiary/aromatic N) is 1. The topological polar surface area (TPSA) is 117 Å². The quantitative estimate of drug-likeness (QED) is 0.545. The highest BCUT2D eigenvalue weighted by Gasteiger charge is 2.31. The molecule has 9 heteroatoms. The molecule has 0 saturated carbocycles. The monoisotopic (exact) mass is 494 g/mol. The lowest BCUT2D eigenvalue weighted by Crippen LogP contribution is -2.48. The average Bonchev–Trinajstić information content (AvgIpc) is 2.90. The number of fused-ring (bicyclic) bond motifs is 1. The van der Waals surface area contributed by atoms with Gasteiger partial charge in [-0.15, -0.1) is 0 Å². The fourth-order valence-corrected chi connectivity index (χ4v) is 3.98. The number of ether oxygens (including phenoxy) is 1. The van der Waals surface area contributed by atoms with Crippen molar-refractivity contribution in [3.63, 3.8) is 0 Å². The van der Waals surface area contributed by atoms with Crippen molar-refractivity contribution in [3.8, 4) is 0 Å². The third-order valence-corrected chi connectivity index (χ3v) is 5.52. The minimum Gasteiger partial charge on any atom is -0.444 e. The van der Waals surface area contributed by atoms with E-state index in [0.717, 1.165) is 16.8 Å². The molecule has 0 saturated heterocycles. The smallest absolute Gasteiger partial charge is 0.412 e. The summed E-state index contributed by atoms with van der Waals surface area (Å²) in [5.74, 6) is -0.715. The van der Waals surface area contributed by atoms with Crippen molar-refractivity contribution in [1.82, 2.24) is 10.6 Å². The molecule has 36 heavy (non-hydrogen) atoms.